The van der Waals surface area contributed by atoms with E-state index in [0.717, 1.165) is 21.1 Å². The quantitative estimate of drug-likeness (QED) is 0.596. The van der Waals surface area contributed by atoms with Gasteiger partial charge in [-0.25, -0.2) is 4.98 Å². The van der Waals surface area contributed by atoms with E-state index in [-0.39, 0.29) is 5.84 Å². The molecule has 2 heterocycles. The molecule has 0 saturated heterocycles. The summed E-state index contributed by atoms with van der Waals surface area (Å²) in [6.07, 6.45) is 3.47. The number of hydrogen-bond donors (Lipinski definition) is 2. The van der Waals surface area contributed by atoms with Crippen LogP contribution in [0, 0.1) is 12.3 Å². The van der Waals surface area contributed by atoms with Crippen molar-refractivity contribution in [1.82, 2.24) is 9.97 Å². The Hall–Kier alpha value is -1.75. The van der Waals surface area contributed by atoms with Crippen molar-refractivity contribution in [2.75, 3.05) is 0 Å². The first-order valence-corrected chi connectivity index (χ1v) is 5.22. The summed E-state index contributed by atoms with van der Waals surface area (Å²) < 4.78 is 0. The van der Waals surface area contributed by atoms with Gasteiger partial charge in [-0.2, -0.15) is 0 Å². The lowest BCUT2D eigenvalue weighted by Gasteiger charge is -1.92. The van der Waals surface area contributed by atoms with E-state index in [4.69, 9.17) is 11.1 Å². The van der Waals surface area contributed by atoms with Crippen molar-refractivity contribution in [1.29, 1.82) is 5.41 Å². The van der Waals surface area contributed by atoms with Crippen LogP contribution in [0.3, 0.4) is 0 Å². The molecule has 0 aliphatic heterocycles. The maximum absolute atomic E-state index is 7.38. The second kappa shape index (κ2) is 3.78. The molecule has 0 saturated carbocycles. The normalized spacial score (nSPS) is 10.2. The molecule has 0 aromatic carbocycles. The van der Waals surface area contributed by atoms with Gasteiger partial charge in [0, 0.05) is 18.0 Å². The summed E-state index contributed by atoms with van der Waals surface area (Å²) in [5.74, 6) is 0.0696. The second-order valence-corrected chi connectivity index (χ2v) is 4.09. The summed E-state index contributed by atoms with van der Waals surface area (Å²) in [5, 5.41) is 8.24. The summed E-state index contributed by atoms with van der Waals surface area (Å²) in [4.78, 5) is 9.12. The number of nitrogens with two attached hydrogens (primary N) is 1. The molecule has 76 valence electrons. The van der Waals surface area contributed by atoms with Gasteiger partial charge >= 0.3 is 0 Å². The standard InChI is InChI=1S/C10H10N4S/c1-6-8(9(11)12)15-10(14-6)7-3-2-4-13-5-7/h2-5H,1H3,(H3,11,12). The minimum atomic E-state index is 0.0696. The Balaban J connectivity index is 2.48. The zero-order chi connectivity index (χ0) is 10.8. The van der Waals surface area contributed by atoms with E-state index in [2.05, 4.69) is 9.97 Å². The molecule has 0 aliphatic carbocycles. The van der Waals surface area contributed by atoms with Gasteiger partial charge in [-0.3, -0.25) is 10.4 Å². The topological polar surface area (TPSA) is 75.7 Å². The van der Waals surface area contributed by atoms with E-state index in [1.807, 2.05) is 19.1 Å². The van der Waals surface area contributed by atoms with Crippen LogP contribution in [0.2, 0.25) is 0 Å². The minimum absolute atomic E-state index is 0.0696. The Morgan fingerprint density at radius 2 is 2.33 bits per heavy atom. The number of pyridine rings is 1. The molecule has 2 aromatic rings. The van der Waals surface area contributed by atoms with Gasteiger partial charge in [-0.1, -0.05) is 0 Å². The van der Waals surface area contributed by atoms with E-state index in [1.54, 1.807) is 12.4 Å². The fraction of sp³-hybridized carbons (Fsp3) is 0.100. The highest BCUT2D eigenvalue weighted by Gasteiger charge is 2.10. The van der Waals surface area contributed by atoms with Gasteiger partial charge in [-0.05, 0) is 19.1 Å². The molecule has 0 bridgehead atoms. The largest absolute Gasteiger partial charge is 0.383 e. The van der Waals surface area contributed by atoms with Crippen molar-refractivity contribution in [3.8, 4) is 10.6 Å². The molecular weight excluding hydrogens is 208 g/mol. The molecule has 0 fully saturated rings. The molecule has 4 nitrogen and oxygen atoms in total. The predicted molar refractivity (Wildman–Crippen MR) is 61.1 cm³/mol. The van der Waals surface area contributed by atoms with Gasteiger partial charge in [0.2, 0.25) is 0 Å². The SMILES string of the molecule is Cc1nc(-c2cccnc2)sc1C(=N)N. The Morgan fingerprint density at radius 1 is 1.53 bits per heavy atom. The third kappa shape index (κ3) is 1.87. The molecule has 0 unspecified atom stereocenters. The highest BCUT2D eigenvalue weighted by atomic mass is 32.1. The zero-order valence-electron chi connectivity index (χ0n) is 8.19. The molecule has 0 atom stereocenters. The molecule has 5 heteroatoms. The van der Waals surface area contributed by atoms with E-state index in [9.17, 15) is 0 Å². The average Bonchev–Trinajstić information content (AvgIpc) is 2.62. The third-order valence-electron chi connectivity index (χ3n) is 1.95. The van der Waals surface area contributed by atoms with Crippen LogP contribution in [0.1, 0.15) is 10.6 Å². The Morgan fingerprint density at radius 3 is 2.87 bits per heavy atom. The number of nitrogens with zero attached hydrogens (tertiary/aromatic N) is 2. The lowest BCUT2D eigenvalue weighted by atomic mass is 10.3. The molecule has 15 heavy (non-hydrogen) atoms. The molecule has 2 rings (SSSR count). The van der Waals surface area contributed by atoms with Crippen LogP contribution >= 0.6 is 11.3 Å². The van der Waals surface area contributed by atoms with Crippen LogP contribution in [-0.2, 0) is 0 Å². The van der Waals surface area contributed by atoms with E-state index in [1.165, 1.54) is 11.3 Å². The lowest BCUT2D eigenvalue weighted by Crippen LogP contribution is -2.10. The highest BCUT2D eigenvalue weighted by Crippen LogP contribution is 2.26. The molecule has 2 aromatic heterocycles. The summed E-state index contributed by atoms with van der Waals surface area (Å²) in [6, 6.07) is 3.80. The third-order valence-corrected chi connectivity index (χ3v) is 3.19. The summed E-state index contributed by atoms with van der Waals surface area (Å²) in [6.45, 7) is 1.85. The predicted octanol–water partition coefficient (Wildman–Crippen LogP) is 1.80. The minimum Gasteiger partial charge on any atom is -0.383 e. The average molecular weight is 218 g/mol. The first-order chi connectivity index (χ1) is 7.18. The summed E-state index contributed by atoms with van der Waals surface area (Å²) >= 11 is 1.42. The summed E-state index contributed by atoms with van der Waals surface area (Å²) in [5.41, 5.74) is 7.20. The van der Waals surface area contributed by atoms with Crippen molar-refractivity contribution in [2.24, 2.45) is 5.73 Å². The molecule has 0 spiro atoms. The number of aromatic nitrogens is 2. The van der Waals surface area contributed by atoms with Crippen molar-refractivity contribution in [3.63, 3.8) is 0 Å². The highest BCUT2D eigenvalue weighted by molar-refractivity contribution is 7.17. The Labute approximate surface area is 91.3 Å². The van der Waals surface area contributed by atoms with Gasteiger partial charge in [0.15, 0.2) is 0 Å². The van der Waals surface area contributed by atoms with Crippen LogP contribution in [-0.4, -0.2) is 15.8 Å². The number of nitrogens with one attached hydrogen (secondary N) is 1. The van der Waals surface area contributed by atoms with Crippen LogP contribution in [0.15, 0.2) is 24.5 Å². The number of rotatable bonds is 2. The van der Waals surface area contributed by atoms with E-state index >= 15 is 0 Å². The smallest absolute Gasteiger partial charge is 0.135 e. The Bertz CT molecular complexity index is 489. The van der Waals surface area contributed by atoms with Gasteiger partial charge in [0.25, 0.3) is 0 Å². The summed E-state index contributed by atoms with van der Waals surface area (Å²) in [7, 11) is 0. The van der Waals surface area contributed by atoms with E-state index < -0.39 is 0 Å². The van der Waals surface area contributed by atoms with E-state index in [0.29, 0.717) is 0 Å². The number of thiazole rings is 1. The number of hydrogen-bond acceptors (Lipinski definition) is 4. The van der Waals surface area contributed by atoms with Gasteiger partial charge in [0.05, 0.1) is 10.6 Å². The van der Waals surface area contributed by atoms with Crippen LogP contribution in [0.5, 0.6) is 0 Å². The Kier molecular flexibility index (Phi) is 2.47. The van der Waals surface area contributed by atoms with Crippen molar-refractivity contribution < 1.29 is 0 Å². The van der Waals surface area contributed by atoms with Gasteiger partial charge in [-0.15, -0.1) is 11.3 Å². The first kappa shape index (κ1) is 9.79. The zero-order valence-corrected chi connectivity index (χ0v) is 9.01. The molecule has 0 amide bonds. The first-order valence-electron chi connectivity index (χ1n) is 4.40. The maximum Gasteiger partial charge on any atom is 0.135 e. The molecule has 3 N–H and O–H groups in total. The monoisotopic (exact) mass is 218 g/mol. The van der Waals surface area contributed by atoms with Gasteiger partial charge in [0.1, 0.15) is 10.8 Å². The molecular formula is C10H10N4S. The van der Waals surface area contributed by atoms with Crippen LogP contribution in [0.25, 0.3) is 10.6 Å². The van der Waals surface area contributed by atoms with Crippen LogP contribution < -0.4 is 5.73 Å². The number of nitrogen functional groups attached to an aromatic ring is 1. The molecule has 0 aliphatic rings. The fourth-order valence-corrected chi connectivity index (χ4v) is 2.18. The fourth-order valence-electron chi connectivity index (χ4n) is 1.26. The van der Waals surface area contributed by atoms with Gasteiger partial charge < -0.3 is 5.73 Å². The number of aryl methyl sites for hydroxylation is 1. The van der Waals surface area contributed by atoms with Crippen LogP contribution in [0.4, 0.5) is 0 Å². The second-order valence-electron chi connectivity index (χ2n) is 3.09. The van der Waals surface area contributed by atoms with Crippen molar-refractivity contribution >= 4 is 17.2 Å². The lowest BCUT2D eigenvalue weighted by molar-refractivity contribution is 1.24. The number of amidine groups is 1. The van der Waals surface area contributed by atoms with Crippen molar-refractivity contribution in [2.45, 2.75) is 6.92 Å². The maximum atomic E-state index is 7.38. The van der Waals surface area contributed by atoms with Crippen molar-refractivity contribution in [3.05, 3.63) is 35.1 Å². The molecule has 0 radical (unpaired) electrons.